The van der Waals surface area contributed by atoms with Crippen LogP contribution in [-0.2, 0) is 4.74 Å². The molecule has 0 spiro atoms. The summed E-state index contributed by atoms with van der Waals surface area (Å²) in [5.41, 5.74) is 6.94. The van der Waals surface area contributed by atoms with Gasteiger partial charge in [-0.15, -0.1) is 0 Å². The van der Waals surface area contributed by atoms with Gasteiger partial charge in [0.15, 0.2) is 0 Å². The number of aliphatic hydroxyl groups is 1. The molecule has 0 radical (unpaired) electrons. The van der Waals surface area contributed by atoms with Crippen LogP contribution in [0, 0.1) is 0 Å². The highest BCUT2D eigenvalue weighted by Crippen LogP contribution is 2.34. The van der Waals surface area contributed by atoms with Crippen molar-refractivity contribution >= 4 is 28.9 Å². The number of aliphatic hydroxyl groups excluding tert-OH is 1. The van der Waals surface area contributed by atoms with Crippen LogP contribution in [0.5, 0.6) is 0 Å². The zero-order valence-corrected chi connectivity index (χ0v) is 12.1. The molecule has 1 aromatic carbocycles. The summed E-state index contributed by atoms with van der Waals surface area (Å²) in [6.07, 6.45) is 0. The number of anilines is 2. The summed E-state index contributed by atoms with van der Waals surface area (Å²) in [6.45, 7) is 4.22. The van der Waals surface area contributed by atoms with E-state index in [9.17, 15) is 4.79 Å². The van der Waals surface area contributed by atoms with Crippen LogP contribution in [0.2, 0.25) is 5.02 Å². The second kappa shape index (κ2) is 6.63. The maximum atomic E-state index is 11.8. The third-order valence-electron chi connectivity index (χ3n) is 2.74. The van der Waals surface area contributed by atoms with Gasteiger partial charge in [0.25, 0.3) is 0 Å². The fourth-order valence-electron chi connectivity index (χ4n) is 1.91. The zero-order valence-electron chi connectivity index (χ0n) is 11.3. The minimum absolute atomic E-state index is 0.0422. The van der Waals surface area contributed by atoms with Crippen LogP contribution in [0.4, 0.5) is 11.4 Å². The van der Waals surface area contributed by atoms with Crippen molar-refractivity contribution < 1.29 is 14.6 Å². The van der Waals surface area contributed by atoms with Gasteiger partial charge in [-0.2, -0.15) is 0 Å². The fraction of sp³-hybridized carbons (Fsp3) is 0.462. The van der Waals surface area contributed by atoms with Crippen molar-refractivity contribution in [3.63, 3.8) is 0 Å². The Morgan fingerprint density at radius 1 is 1.53 bits per heavy atom. The lowest BCUT2D eigenvalue weighted by atomic mass is 10.1. The maximum absolute atomic E-state index is 11.8. The summed E-state index contributed by atoms with van der Waals surface area (Å²) in [6, 6.07) is 3.17. The molecule has 1 rings (SSSR count). The van der Waals surface area contributed by atoms with E-state index in [4.69, 9.17) is 27.2 Å². The molecule has 106 valence electrons. The molecule has 0 unspecified atom stereocenters. The highest BCUT2D eigenvalue weighted by atomic mass is 35.5. The van der Waals surface area contributed by atoms with E-state index in [-0.39, 0.29) is 12.6 Å². The number of methoxy groups -OCH3 is 1. The maximum Gasteiger partial charge on any atom is 0.340 e. The monoisotopic (exact) mass is 286 g/mol. The molecular weight excluding hydrogens is 268 g/mol. The molecule has 0 aliphatic heterocycles. The van der Waals surface area contributed by atoms with Crippen molar-refractivity contribution in [1.29, 1.82) is 0 Å². The molecule has 0 saturated heterocycles. The van der Waals surface area contributed by atoms with E-state index in [0.717, 1.165) is 0 Å². The van der Waals surface area contributed by atoms with Gasteiger partial charge in [0, 0.05) is 18.3 Å². The average Bonchev–Trinajstić information content (AvgIpc) is 2.34. The Kier molecular flexibility index (Phi) is 5.44. The minimum atomic E-state index is -0.507. The zero-order chi connectivity index (χ0) is 14.6. The Bertz CT molecular complexity index is 463. The van der Waals surface area contributed by atoms with Gasteiger partial charge in [-0.25, -0.2) is 4.79 Å². The number of nitrogens with two attached hydrogens (primary N) is 1. The van der Waals surface area contributed by atoms with E-state index in [2.05, 4.69) is 0 Å². The SMILES string of the molecule is COC(=O)c1cc(N)cc(Cl)c1N(CCO)C(C)C. The molecule has 19 heavy (non-hydrogen) atoms. The summed E-state index contributed by atoms with van der Waals surface area (Å²) in [7, 11) is 1.30. The molecule has 0 bridgehead atoms. The number of nitrogen functional groups attached to an aromatic ring is 1. The van der Waals surface area contributed by atoms with Gasteiger partial charge in [0.05, 0.1) is 30.0 Å². The summed E-state index contributed by atoms with van der Waals surface area (Å²) in [4.78, 5) is 13.7. The number of carbonyl (C=O) groups excluding carboxylic acids is 1. The second-order valence-electron chi connectivity index (χ2n) is 4.40. The molecule has 3 N–H and O–H groups in total. The number of nitrogens with zero attached hydrogens (tertiary/aromatic N) is 1. The van der Waals surface area contributed by atoms with Crippen LogP contribution in [0.25, 0.3) is 0 Å². The Hall–Kier alpha value is -1.46. The highest BCUT2D eigenvalue weighted by Gasteiger charge is 2.22. The standard InChI is InChI=1S/C13H19ClN2O3/c1-8(2)16(4-5-17)12-10(13(18)19-3)6-9(15)7-11(12)14/h6-8,17H,4-5,15H2,1-3H3. The third kappa shape index (κ3) is 3.52. The van der Waals surface area contributed by atoms with E-state index in [0.29, 0.717) is 28.5 Å². The van der Waals surface area contributed by atoms with E-state index in [1.165, 1.54) is 13.2 Å². The molecule has 0 aliphatic carbocycles. The number of halogens is 1. The van der Waals surface area contributed by atoms with Gasteiger partial charge in [-0.1, -0.05) is 11.6 Å². The van der Waals surface area contributed by atoms with Gasteiger partial charge in [0.2, 0.25) is 0 Å². The summed E-state index contributed by atoms with van der Waals surface area (Å²) in [5.74, 6) is -0.507. The van der Waals surface area contributed by atoms with E-state index < -0.39 is 5.97 Å². The molecule has 1 aromatic rings. The highest BCUT2D eigenvalue weighted by molar-refractivity contribution is 6.34. The Labute approximate surface area is 117 Å². The molecule has 0 saturated carbocycles. The molecule has 6 heteroatoms. The third-order valence-corrected chi connectivity index (χ3v) is 3.03. The minimum Gasteiger partial charge on any atom is -0.465 e. The number of esters is 1. The number of hydrogen-bond donors (Lipinski definition) is 2. The van der Waals surface area contributed by atoms with Gasteiger partial charge in [-0.3, -0.25) is 0 Å². The van der Waals surface area contributed by atoms with Gasteiger partial charge >= 0.3 is 5.97 Å². The van der Waals surface area contributed by atoms with Crippen molar-refractivity contribution in [2.24, 2.45) is 0 Å². The molecule has 0 amide bonds. The smallest absolute Gasteiger partial charge is 0.340 e. The molecule has 0 aromatic heterocycles. The topological polar surface area (TPSA) is 75.8 Å². The van der Waals surface area contributed by atoms with Crippen LogP contribution in [-0.4, -0.2) is 37.4 Å². The van der Waals surface area contributed by atoms with Crippen molar-refractivity contribution in [2.75, 3.05) is 30.9 Å². The number of hydrogen-bond acceptors (Lipinski definition) is 5. The number of rotatable bonds is 5. The van der Waals surface area contributed by atoms with E-state index in [1.807, 2.05) is 18.7 Å². The first kappa shape index (κ1) is 15.6. The van der Waals surface area contributed by atoms with Crippen LogP contribution in [0.15, 0.2) is 12.1 Å². The van der Waals surface area contributed by atoms with Crippen molar-refractivity contribution in [1.82, 2.24) is 0 Å². The van der Waals surface area contributed by atoms with Gasteiger partial charge in [-0.05, 0) is 26.0 Å². The molecule has 0 atom stereocenters. The number of ether oxygens (including phenoxy) is 1. The lowest BCUT2D eigenvalue weighted by Crippen LogP contribution is -2.35. The number of benzene rings is 1. The van der Waals surface area contributed by atoms with Crippen molar-refractivity contribution in [3.05, 3.63) is 22.7 Å². The lowest BCUT2D eigenvalue weighted by Gasteiger charge is -2.30. The van der Waals surface area contributed by atoms with Crippen molar-refractivity contribution in [2.45, 2.75) is 19.9 Å². The second-order valence-corrected chi connectivity index (χ2v) is 4.81. The summed E-state index contributed by atoms with van der Waals surface area (Å²) >= 11 is 6.20. The fourth-order valence-corrected chi connectivity index (χ4v) is 2.25. The predicted octanol–water partition coefficient (Wildman–Crippen LogP) is 1.92. The quantitative estimate of drug-likeness (QED) is 0.639. The average molecular weight is 287 g/mol. The van der Waals surface area contributed by atoms with Crippen LogP contribution < -0.4 is 10.6 Å². The Balaban J connectivity index is 3.41. The first-order chi connectivity index (χ1) is 8.92. The molecular formula is C13H19ClN2O3. The molecule has 0 fully saturated rings. The van der Waals surface area contributed by atoms with Crippen LogP contribution >= 0.6 is 11.6 Å². The Morgan fingerprint density at radius 3 is 2.63 bits per heavy atom. The lowest BCUT2D eigenvalue weighted by molar-refractivity contribution is 0.0601. The van der Waals surface area contributed by atoms with Gasteiger partial charge in [0.1, 0.15) is 0 Å². The first-order valence-electron chi connectivity index (χ1n) is 5.97. The molecule has 0 heterocycles. The predicted molar refractivity (Wildman–Crippen MR) is 76.8 cm³/mol. The van der Waals surface area contributed by atoms with E-state index >= 15 is 0 Å². The largest absolute Gasteiger partial charge is 0.465 e. The molecule has 0 aliphatic rings. The summed E-state index contributed by atoms with van der Waals surface area (Å²) < 4.78 is 4.75. The summed E-state index contributed by atoms with van der Waals surface area (Å²) in [5, 5.41) is 9.52. The van der Waals surface area contributed by atoms with Crippen LogP contribution in [0.1, 0.15) is 24.2 Å². The van der Waals surface area contributed by atoms with E-state index in [1.54, 1.807) is 6.07 Å². The van der Waals surface area contributed by atoms with Crippen molar-refractivity contribution in [3.8, 4) is 0 Å². The van der Waals surface area contributed by atoms with Crippen LogP contribution in [0.3, 0.4) is 0 Å². The normalized spacial score (nSPS) is 10.6. The Morgan fingerprint density at radius 2 is 2.16 bits per heavy atom. The molecule has 5 nitrogen and oxygen atoms in total. The number of carbonyl (C=O) groups is 1. The van der Waals surface area contributed by atoms with Gasteiger partial charge < -0.3 is 20.5 Å². The first-order valence-corrected chi connectivity index (χ1v) is 6.35.